The molecular formula is C8H13N3. The fourth-order valence-electron chi connectivity index (χ4n) is 1.06. The van der Waals surface area contributed by atoms with Crippen molar-refractivity contribution in [3.63, 3.8) is 0 Å². The summed E-state index contributed by atoms with van der Waals surface area (Å²) in [7, 11) is 1.89. The first kappa shape index (κ1) is 8.01. The molecule has 3 heteroatoms. The summed E-state index contributed by atoms with van der Waals surface area (Å²) < 4.78 is 1.77. The molecule has 1 aromatic heterocycles. The molecule has 1 rings (SSSR count). The van der Waals surface area contributed by atoms with Crippen molar-refractivity contribution in [2.24, 2.45) is 12.8 Å². The molecule has 0 saturated heterocycles. The van der Waals surface area contributed by atoms with Gasteiger partial charge in [-0.2, -0.15) is 5.10 Å². The highest BCUT2D eigenvalue weighted by Gasteiger charge is 2.04. The smallest absolute Gasteiger partial charge is 0.0668 e. The molecule has 0 radical (unpaired) electrons. The lowest BCUT2D eigenvalue weighted by molar-refractivity contribution is 0.756. The Morgan fingerprint density at radius 3 is 2.82 bits per heavy atom. The number of hydrogen-bond donors (Lipinski definition) is 1. The zero-order chi connectivity index (χ0) is 8.43. The minimum Gasteiger partial charge on any atom is -0.326 e. The summed E-state index contributed by atoms with van der Waals surface area (Å²) in [5.41, 5.74) is 8.44. The molecule has 60 valence electrons. The van der Waals surface area contributed by atoms with Gasteiger partial charge in [0.15, 0.2) is 0 Å². The lowest BCUT2D eigenvalue weighted by Crippen LogP contribution is -2.00. The van der Waals surface area contributed by atoms with E-state index in [1.54, 1.807) is 4.68 Å². The van der Waals surface area contributed by atoms with Crippen molar-refractivity contribution >= 4 is 5.57 Å². The van der Waals surface area contributed by atoms with Gasteiger partial charge in [0, 0.05) is 25.4 Å². The minimum atomic E-state index is 0.493. The normalized spacial score (nSPS) is 10.1. The summed E-state index contributed by atoms with van der Waals surface area (Å²) in [5, 5.41) is 4.18. The van der Waals surface area contributed by atoms with Gasteiger partial charge in [0.1, 0.15) is 0 Å². The molecule has 2 N–H and O–H groups in total. The summed E-state index contributed by atoms with van der Waals surface area (Å²) in [6.07, 6.45) is 1.94. The molecule has 11 heavy (non-hydrogen) atoms. The Bertz CT molecular complexity index is 273. The van der Waals surface area contributed by atoms with Crippen LogP contribution in [0.25, 0.3) is 5.57 Å². The van der Waals surface area contributed by atoms with Gasteiger partial charge in [-0.1, -0.05) is 6.58 Å². The molecule has 0 aromatic carbocycles. The van der Waals surface area contributed by atoms with Crippen LogP contribution in [0.4, 0.5) is 0 Å². The van der Waals surface area contributed by atoms with E-state index in [2.05, 4.69) is 11.7 Å². The average Bonchev–Trinajstić information content (AvgIpc) is 2.28. The van der Waals surface area contributed by atoms with Crippen LogP contribution in [-0.4, -0.2) is 16.3 Å². The second-order valence-corrected chi connectivity index (χ2v) is 2.61. The van der Waals surface area contributed by atoms with E-state index in [4.69, 9.17) is 5.73 Å². The van der Waals surface area contributed by atoms with Crippen molar-refractivity contribution in [3.8, 4) is 0 Å². The van der Waals surface area contributed by atoms with Crippen LogP contribution in [0.1, 0.15) is 11.3 Å². The fourth-order valence-corrected chi connectivity index (χ4v) is 1.06. The molecule has 3 nitrogen and oxygen atoms in total. The minimum absolute atomic E-state index is 0.493. The summed E-state index contributed by atoms with van der Waals surface area (Å²) >= 11 is 0. The van der Waals surface area contributed by atoms with Crippen LogP contribution in [-0.2, 0) is 7.05 Å². The van der Waals surface area contributed by atoms with Gasteiger partial charge in [0.2, 0.25) is 0 Å². The second kappa shape index (κ2) is 2.88. The third-order valence-corrected chi connectivity index (χ3v) is 1.64. The molecule has 1 aromatic rings. The Balaban J connectivity index is 3.03. The van der Waals surface area contributed by atoms with Gasteiger partial charge in [-0.25, -0.2) is 0 Å². The second-order valence-electron chi connectivity index (χ2n) is 2.61. The van der Waals surface area contributed by atoms with Crippen LogP contribution >= 0.6 is 0 Å². The molecule has 0 aliphatic rings. The third kappa shape index (κ3) is 1.49. The number of aromatic nitrogens is 2. The highest BCUT2D eigenvalue weighted by Crippen LogP contribution is 2.13. The molecule has 0 fully saturated rings. The summed E-state index contributed by atoms with van der Waals surface area (Å²) in [4.78, 5) is 0. The SMILES string of the molecule is C=C(CN)c1cn(C)nc1C. The Morgan fingerprint density at radius 1 is 1.82 bits per heavy atom. The summed E-state index contributed by atoms with van der Waals surface area (Å²) in [6, 6.07) is 0. The summed E-state index contributed by atoms with van der Waals surface area (Å²) in [6.45, 7) is 6.29. The zero-order valence-corrected chi connectivity index (χ0v) is 6.96. The third-order valence-electron chi connectivity index (χ3n) is 1.64. The van der Waals surface area contributed by atoms with E-state index in [1.165, 1.54) is 0 Å². The van der Waals surface area contributed by atoms with Gasteiger partial charge in [-0.05, 0) is 12.5 Å². The molecule has 0 aliphatic carbocycles. The lowest BCUT2D eigenvalue weighted by Gasteiger charge is -1.97. The van der Waals surface area contributed by atoms with Gasteiger partial charge < -0.3 is 5.73 Å². The maximum atomic E-state index is 5.45. The van der Waals surface area contributed by atoms with Gasteiger partial charge in [0.25, 0.3) is 0 Å². The number of nitrogens with two attached hydrogens (primary N) is 1. The van der Waals surface area contributed by atoms with Gasteiger partial charge in [-0.3, -0.25) is 4.68 Å². The number of nitrogens with zero attached hydrogens (tertiary/aromatic N) is 2. The predicted molar refractivity (Wildman–Crippen MR) is 46.0 cm³/mol. The van der Waals surface area contributed by atoms with Crippen molar-refractivity contribution in [3.05, 3.63) is 24.0 Å². The first-order valence-corrected chi connectivity index (χ1v) is 3.53. The van der Waals surface area contributed by atoms with Gasteiger partial charge >= 0.3 is 0 Å². The molecule has 0 aliphatic heterocycles. The van der Waals surface area contributed by atoms with Crippen LogP contribution in [0, 0.1) is 6.92 Å². The first-order chi connectivity index (χ1) is 5.15. The fraction of sp³-hybridized carbons (Fsp3) is 0.375. The van der Waals surface area contributed by atoms with Crippen LogP contribution in [0.2, 0.25) is 0 Å². The van der Waals surface area contributed by atoms with E-state index < -0.39 is 0 Å². The number of rotatable bonds is 2. The molecule has 0 amide bonds. The Morgan fingerprint density at radius 2 is 2.45 bits per heavy atom. The Hall–Kier alpha value is -1.09. The zero-order valence-electron chi connectivity index (χ0n) is 6.96. The maximum absolute atomic E-state index is 5.45. The Labute approximate surface area is 66.5 Å². The highest BCUT2D eigenvalue weighted by atomic mass is 15.2. The van der Waals surface area contributed by atoms with E-state index in [-0.39, 0.29) is 0 Å². The Kier molecular flexibility index (Phi) is 2.10. The van der Waals surface area contributed by atoms with Crippen molar-refractivity contribution < 1.29 is 0 Å². The average molecular weight is 151 g/mol. The maximum Gasteiger partial charge on any atom is 0.0668 e. The lowest BCUT2D eigenvalue weighted by atomic mass is 10.1. The topological polar surface area (TPSA) is 43.8 Å². The predicted octanol–water partition coefficient (Wildman–Crippen LogP) is 0.700. The summed E-state index contributed by atoms with van der Waals surface area (Å²) in [5.74, 6) is 0. The van der Waals surface area contributed by atoms with E-state index in [0.29, 0.717) is 6.54 Å². The number of aryl methyl sites for hydroxylation is 2. The first-order valence-electron chi connectivity index (χ1n) is 3.53. The quantitative estimate of drug-likeness (QED) is 0.676. The van der Waals surface area contributed by atoms with E-state index in [0.717, 1.165) is 16.8 Å². The standard InChI is InChI=1S/C8H13N3/c1-6(4-9)8-5-11(3)10-7(8)2/h5H,1,4,9H2,2-3H3. The molecule has 0 spiro atoms. The van der Waals surface area contributed by atoms with Crippen molar-refractivity contribution in [2.75, 3.05) is 6.54 Å². The number of hydrogen-bond acceptors (Lipinski definition) is 2. The molecule has 0 bridgehead atoms. The van der Waals surface area contributed by atoms with E-state index in [9.17, 15) is 0 Å². The van der Waals surface area contributed by atoms with Crippen LogP contribution in [0.15, 0.2) is 12.8 Å². The molecule has 0 unspecified atom stereocenters. The van der Waals surface area contributed by atoms with Crippen LogP contribution in [0.3, 0.4) is 0 Å². The van der Waals surface area contributed by atoms with E-state index in [1.807, 2.05) is 20.2 Å². The van der Waals surface area contributed by atoms with E-state index >= 15 is 0 Å². The highest BCUT2D eigenvalue weighted by molar-refractivity contribution is 5.65. The molecule has 0 atom stereocenters. The molecule has 1 heterocycles. The van der Waals surface area contributed by atoms with Crippen molar-refractivity contribution in [1.29, 1.82) is 0 Å². The monoisotopic (exact) mass is 151 g/mol. The van der Waals surface area contributed by atoms with Crippen LogP contribution < -0.4 is 5.73 Å². The largest absolute Gasteiger partial charge is 0.326 e. The van der Waals surface area contributed by atoms with Gasteiger partial charge in [-0.15, -0.1) is 0 Å². The van der Waals surface area contributed by atoms with Crippen molar-refractivity contribution in [2.45, 2.75) is 6.92 Å². The van der Waals surface area contributed by atoms with Gasteiger partial charge in [0.05, 0.1) is 5.69 Å². The molecule has 0 saturated carbocycles. The van der Waals surface area contributed by atoms with Crippen molar-refractivity contribution in [1.82, 2.24) is 9.78 Å². The van der Waals surface area contributed by atoms with Crippen LogP contribution in [0.5, 0.6) is 0 Å². The molecular weight excluding hydrogens is 138 g/mol.